The Morgan fingerprint density at radius 3 is 1.96 bits per heavy atom. The van der Waals surface area contributed by atoms with Gasteiger partial charge in [0.2, 0.25) is 0 Å². The molecule has 2 nitrogen and oxygen atoms in total. The van der Waals surface area contributed by atoms with Crippen molar-refractivity contribution < 1.29 is 4.79 Å². The van der Waals surface area contributed by atoms with E-state index in [-0.39, 0.29) is 5.78 Å². The smallest absolute Gasteiger partial charge is 0.189 e. The van der Waals surface area contributed by atoms with Crippen LogP contribution in [0.4, 0.5) is 5.69 Å². The predicted molar refractivity (Wildman–Crippen MR) is 97.7 cm³/mol. The second-order valence-electron chi connectivity index (χ2n) is 5.23. The van der Waals surface area contributed by atoms with E-state index in [2.05, 4.69) is 21.2 Å². The molecule has 0 aliphatic heterocycles. The summed E-state index contributed by atoms with van der Waals surface area (Å²) in [5.74, 6) is 0.0487. The Morgan fingerprint density at radius 1 is 0.783 bits per heavy atom. The zero-order valence-corrected chi connectivity index (χ0v) is 14.0. The summed E-state index contributed by atoms with van der Waals surface area (Å²) in [6.45, 7) is 0. The molecule has 3 heteroatoms. The van der Waals surface area contributed by atoms with Crippen molar-refractivity contribution in [3.8, 4) is 0 Å². The lowest BCUT2D eigenvalue weighted by atomic mass is 9.97. The summed E-state index contributed by atoms with van der Waals surface area (Å²) in [7, 11) is 0. The first-order valence-electron chi connectivity index (χ1n) is 7.40. The summed E-state index contributed by atoms with van der Waals surface area (Å²) >= 11 is 3.40. The summed E-state index contributed by atoms with van der Waals surface area (Å²) in [5, 5.41) is 3.35. The molecule has 3 aromatic carbocycles. The molecule has 0 saturated carbocycles. The molecule has 0 aromatic heterocycles. The minimum absolute atomic E-state index is 0.0487. The molecule has 0 amide bonds. The fraction of sp³-hybridized carbons (Fsp3) is 0.0500. The normalized spacial score (nSPS) is 11.7. The van der Waals surface area contributed by atoms with Crippen LogP contribution in [0, 0.1) is 0 Å². The monoisotopic (exact) mass is 365 g/mol. The van der Waals surface area contributed by atoms with Crippen molar-refractivity contribution in [3.05, 3.63) is 101 Å². The van der Waals surface area contributed by atoms with Crippen molar-refractivity contribution in [3.63, 3.8) is 0 Å². The first-order valence-corrected chi connectivity index (χ1v) is 8.19. The lowest BCUT2D eigenvalue weighted by Crippen LogP contribution is -2.21. The van der Waals surface area contributed by atoms with Gasteiger partial charge in [-0.15, -0.1) is 0 Å². The summed E-state index contributed by atoms with van der Waals surface area (Å²) in [4.78, 5) is 13.0. The number of carbonyl (C=O) groups excluding carboxylic acids is 1. The first-order chi connectivity index (χ1) is 11.2. The van der Waals surface area contributed by atoms with Crippen molar-refractivity contribution in [2.45, 2.75) is 6.04 Å². The Balaban J connectivity index is 1.94. The maximum absolute atomic E-state index is 13.0. The number of anilines is 1. The third kappa shape index (κ3) is 3.88. The summed E-state index contributed by atoms with van der Waals surface area (Å²) < 4.78 is 0.960. The molecule has 0 radical (unpaired) electrons. The third-order valence-corrected chi connectivity index (χ3v) is 4.14. The summed E-state index contributed by atoms with van der Waals surface area (Å²) in [6.07, 6.45) is 0. The minimum atomic E-state index is -0.417. The molecule has 0 heterocycles. The van der Waals surface area contributed by atoms with Gasteiger partial charge in [0.05, 0.1) is 0 Å². The van der Waals surface area contributed by atoms with Crippen LogP contribution < -0.4 is 5.32 Å². The van der Waals surface area contributed by atoms with Crippen LogP contribution in [0.3, 0.4) is 0 Å². The van der Waals surface area contributed by atoms with Gasteiger partial charge in [-0.3, -0.25) is 4.79 Å². The molecule has 1 atom stereocenters. The van der Waals surface area contributed by atoms with Gasteiger partial charge in [-0.2, -0.15) is 0 Å². The number of ketones is 1. The topological polar surface area (TPSA) is 29.1 Å². The SMILES string of the molecule is O=C(c1ccc(Br)cc1)C(Nc1ccccc1)c1ccccc1. The first kappa shape index (κ1) is 15.5. The molecule has 0 fully saturated rings. The number of hydrogen-bond acceptors (Lipinski definition) is 2. The van der Waals surface area contributed by atoms with E-state index < -0.39 is 6.04 Å². The van der Waals surface area contributed by atoms with E-state index in [0.717, 1.165) is 15.7 Å². The van der Waals surface area contributed by atoms with Gasteiger partial charge < -0.3 is 5.32 Å². The molecule has 0 aliphatic rings. The minimum Gasteiger partial charge on any atom is -0.371 e. The summed E-state index contributed by atoms with van der Waals surface area (Å²) in [5.41, 5.74) is 2.56. The van der Waals surface area contributed by atoms with Crippen LogP contribution in [0.5, 0.6) is 0 Å². The van der Waals surface area contributed by atoms with Crippen LogP contribution in [0.15, 0.2) is 89.4 Å². The number of rotatable bonds is 5. The van der Waals surface area contributed by atoms with Crippen molar-refractivity contribution in [2.24, 2.45) is 0 Å². The number of halogens is 1. The van der Waals surface area contributed by atoms with Gasteiger partial charge in [0.15, 0.2) is 5.78 Å². The molecular weight excluding hydrogens is 350 g/mol. The number of nitrogens with one attached hydrogen (secondary N) is 1. The van der Waals surface area contributed by atoms with Gasteiger partial charge >= 0.3 is 0 Å². The Labute approximate surface area is 144 Å². The molecular formula is C20H16BrNO. The zero-order valence-electron chi connectivity index (χ0n) is 12.4. The van der Waals surface area contributed by atoms with E-state index in [1.54, 1.807) is 0 Å². The molecule has 114 valence electrons. The number of Topliss-reactive ketones (excluding diaryl/α,β-unsaturated/α-hetero) is 1. The Kier molecular flexibility index (Phi) is 4.89. The Bertz CT molecular complexity index is 770. The maximum Gasteiger partial charge on any atom is 0.189 e. The van der Waals surface area contributed by atoms with Gasteiger partial charge in [-0.25, -0.2) is 0 Å². The van der Waals surface area contributed by atoms with E-state index in [1.807, 2.05) is 84.9 Å². The molecule has 3 rings (SSSR count). The lowest BCUT2D eigenvalue weighted by Gasteiger charge is -2.19. The largest absolute Gasteiger partial charge is 0.371 e. The second kappa shape index (κ2) is 7.25. The van der Waals surface area contributed by atoms with Crippen LogP contribution in [-0.2, 0) is 0 Å². The van der Waals surface area contributed by atoms with Gasteiger partial charge in [0.1, 0.15) is 6.04 Å². The highest BCUT2D eigenvalue weighted by Crippen LogP contribution is 2.24. The van der Waals surface area contributed by atoms with Gasteiger partial charge in [-0.1, -0.05) is 76.6 Å². The number of para-hydroxylation sites is 1. The van der Waals surface area contributed by atoms with Crippen molar-refractivity contribution >= 4 is 27.4 Å². The Morgan fingerprint density at radius 2 is 1.35 bits per heavy atom. The fourth-order valence-corrected chi connectivity index (χ4v) is 2.69. The summed E-state index contributed by atoms with van der Waals surface area (Å²) in [6, 6.07) is 26.6. The van der Waals surface area contributed by atoms with Crippen LogP contribution in [-0.4, -0.2) is 5.78 Å². The molecule has 23 heavy (non-hydrogen) atoms. The second-order valence-corrected chi connectivity index (χ2v) is 6.14. The van der Waals surface area contributed by atoms with Crippen molar-refractivity contribution in [1.29, 1.82) is 0 Å². The van der Waals surface area contributed by atoms with Gasteiger partial charge in [-0.05, 0) is 29.8 Å². The highest BCUT2D eigenvalue weighted by Gasteiger charge is 2.21. The third-order valence-electron chi connectivity index (χ3n) is 3.61. The quantitative estimate of drug-likeness (QED) is 0.606. The van der Waals surface area contributed by atoms with Gasteiger partial charge in [0, 0.05) is 15.7 Å². The fourth-order valence-electron chi connectivity index (χ4n) is 2.43. The van der Waals surface area contributed by atoms with Crippen molar-refractivity contribution in [2.75, 3.05) is 5.32 Å². The standard InChI is InChI=1S/C20H16BrNO/c21-17-13-11-16(12-14-17)20(23)19(15-7-3-1-4-8-15)22-18-9-5-2-6-10-18/h1-14,19,22H. The predicted octanol–water partition coefficient (Wildman–Crippen LogP) is 5.49. The molecule has 0 spiro atoms. The molecule has 3 aromatic rings. The highest BCUT2D eigenvalue weighted by molar-refractivity contribution is 9.10. The van der Waals surface area contributed by atoms with E-state index in [0.29, 0.717) is 5.56 Å². The van der Waals surface area contributed by atoms with Crippen LogP contribution in [0.25, 0.3) is 0 Å². The van der Waals surface area contributed by atoms with E-state index >= 15 is 0 Å². The number of carbonyl (C=O) groups is 1. The molecule has 1 N–H and O–H groups in total. The van der Waals surface area contributed by atoms with Crippen LogP contribution in [0.1, 0.15) is 22.0 Å². The van der Waals surface area contributed by atoms with E-state index in [4.69, 9.17) is 0 Å². The maximum atomic E-state index is 13.0. The van der Waals surface area contributed by atoms with Crippen molar-refractivity contribution in [1.82, 2.24) is 0 Å². The molecule has 0 saturated heterocycles. The van der Waals surface area contributed by atoms with Crippen LogP contribution >= 0.6 is 15.9 Å². The highest BCUT2D eigenvalue weighted by atomic mass is 79.9. The van der Waals surface area contributed by atoms with E-state index in [9.17, 15) is 4.79 Å². The molecule has 1 unspecified atom stereocenters. The average Bonchev–Trinajstić information content (AvgIpc) is 2.61. The number of benzene rings is 3. The Hall–Kier alpha value is -2.39. The van der Waals surface area contributed by atoms with E-state index in [1.165, 1.54) is 0 Å². The number of hydrogen-bond donors (Lipinski definition) is 1. The van der Waals surface area contributed by atoms with Crippen LogP contribution in [0.2, 0.25) is 0 Å². The zero-order chi connectivity index (χ0) is 16.1. The molecule has 0 bridgehead atoms. The molecule has 0 aliphatic carbocycles. The lowest BCUT2D eigenvalue weighted by molar-refractivity contribution is 0.0969. The average molecular weight is 366 g/mol. The van der Waals surface area contributed by atoms with Gasteiger partial charge in [0.25, 0.3) is 0 Å².